The van der Waals surface area contributed by atoms with Crippen LogP contribution in [0.5, 0.6) is 0 Å². The highest BCUT2D eigenvalue weighted by molar-refractivity contribution is 5.99. The van der Waals surface area contributed by atoms with Gasteiger partial charge in [0.2, 0.25) is 0 Å². The Morgan fingerprint density at radius 2 is 1.85 bits per heavy atom. The average Bonchev–Trinajstić information content (AvgIpc) is 2.41. The molecule has 0 amide bonds. The number of ketones is 2. The first-order valence-corrected chi connectivity index (χ1v) is 7.49. The van der Waals surface area contributed by atoms with E-state index in [1.807, 2.05) is 30.3 Å². The molecule has 0 unspecified atom stereocenters. The van der Waals surface area contributed by atoms with E-state index in [1.165, 1.54) is 0 Å². The van der Waals surface area contributed by atoms with Crippen LogP contribution >= 0.6 is 0 Å². The molecule has 0 aliphatic heterocycles. The van der Waals surface area contributed by atoms with Crippen LogP contribution in [0.3, 0.4) is 0 Å². The number of hydrogen-bond donors (Lipinski definition) is 0. The van der Waals surface area contributed by atoms with E-state index in [0.717, 1.165) is 18.4 Å². The maximum Gasteiger partial charge on any atom is 0.163 e. The molecule has 2 rings (SSSR count). The summed E-state index contributed by atoms with van der Waals surface area (Å²) in [6.45, 7) is 6.68. The third kappa shape index (κ3) is 3.56. The number of rotatable bonds is 3. The van der Waals surface area contributed by atoms with Gasteiger partial charge < -0.3 is 0 Å². The second-order valence-corrected chi connectivity index (χ2v) is 6.99. The molecule has 0 radical (unpaired) electrons. The van der Waals surface area contributed by atoms with Gasteiger partial charge in [-0.05, 0) is 24.2 Å². The molecule has 0 saturated heterocycles. The molecule has 2 heteroatoms. The summed E-state index contributed by atoms with van der Waals surface area (Å²) >= 11 is 0. The lowest BCUT2D eigenvalue weighted by atomic mass is 9.67. The number of benzene rings is 1. The zero-order chi connectivity index (χ0) is 14.8. The molecule has 1 saturated carbocycles. The predicted molar refractivity (Wildman–Crippen MR) is 80.7 cm³/mol. The van der Waals surface area contributed by atoms with E-state index in [2.05, 4.69) is 20.8 Å². The van der Waals surface area contributed by atoms with Gasteiger partial charge in [-0.1, -0.05) is 51.1 Å². The fourth-order valence-corrected chi connectivity index (χ4v) is 3.06. The summed E-state index contributed by atoms with van der Waals surface area (Å²) in [6, 6.07) is 9.30. The van der Waals surface area contributed by atoms with Crippen LogP contribution in [0, 0.1) is 17.3 Å². The molecule has 1 fully saturated rings. The minimum atomic E-state index is -0.0827. The van der Waals surface area contributed by atoms with Gasteiger partial charge in [-0.2, -0.15) is 0 Å². The van der Waals surface area contributed by atoms with E-state index in [1.54, 1.807) is 0 Å². The first kappa shape index (κ1) is 15.0. The first-order valence-electron chi connectivity index (χ1n) is 7.49. The van der Waals surface area contributed by atoms with Crippen molar-refractivity contribution in [2.24, 2.45) is 17.3 Å². The summed E-state index contributed by atoms with van der Waals surface area (Å²) in [4.78, 5) is 24.3. The second-order valence-electron chi connectivity index (χ2n) is 6.99. The van der Waals surface area contributed by atoms with Crippen LogP contribution in [-0.4, -0.2) is 11.6 Å². The first-order chi connectivity index (χ1) is 9.38. The Hall–Kier alpha value is -1.44. The molecule has 2 atom stereocenters. The molecule has 0 spiro atoms. The largest absolute Gasteiger partial charge is 0.299 e. The Morgan fingerprint density at radius 3 is 2.45 bits per heavy atom. The molecule has 0 heterocycles. The van der Waals surface area contributed by atoms with Crippen LogP contribution in [0.1, 0.15) is 56.8 Å². The molecule has 1 aromatic rings. The summed E-state index contributed by atoms with van der Waals surface area (Å²) in [5.41, 5.74) is 0.938. The smallest absolute Gasteiger partial charge is 0.163 e. The Labute approximate surface area is 121 Å². The number of carbonyl (C=O) groups is 2. The Balaban J connectivity index is 2.04. The van der Waals surface area contributed by atoms with Crippen molar-refractivity contribution >= 4 is 11.6 Å². The molecule has 0 bridgehead atoms. The van der Waals surface area contributed by atoms with Crippen LogP contribution in [0.15, 0.2) is 30.3 Å². The minimum Gasteiger partial charge on any atom is -0.299 e. The summed E-state index contributed by atoms with van der Waals surface area (Å²) in [6.07, 6.45) is 2.84. The van der Waals surface area contributed by atoms with Gasteiger partial charge in [0.25, 0.3) is 0 Å². The lowest BCUT2D eigenvalue weighted by Crippen LogP contribution is -2.33. The molecule has 20 heavy (non-hydrogen) atoms. The predicted octanol–water partition coefficient (Wildman–Crippen LogP) is 4.29. The number of Topliss-reactive ketones (excluding diaryl/α,β-unsaturated/α-hetero) is 2. The molecular weight excluding hydrogens is 248 g/mol. The van der Waals surface area contributed by atoms with E-state index >= 15 is 0 Å². The third-order valence-electron chi connectivity index (χ3n) is 4.52. The van der Waals surface area contributed by atoms with E-state index in [4.69, 9.17) is 0 Å². The third-order valence-corrected chi connectivity index (χ3v) is 4.52. The SMILES string of the molecule is CC(C)(C)[C@@H]1CCC(=O)[C@H](CC(=O)c2ccccc2)C1. The van der Waals surface area contributed by atoms with Crippen LogP contribution < -0.4 is 0 Å². The van der Waals surface area contributed by atoms with E-state index in [0.29, 0.717) is 18.8 Å². The van der Waals surface area contributed by atoms with Crippen molar-refractivity contribution in [2.75, 3.05) is 0 Å². The quantitative estimate of drug-likeness (QED) is 0.769. The Morgan fingerprint density at radius 1 is 1.20 bits per heavy atom. The lowest BCUT2D eigenvalue weighted by Gasteiger charge is -2.36. The summed E-state index contributed by atoms with van der Waals surface area (Å²) in [7, 11) is 0. The molecular formula is C18H24O2. The van der Waals surface area contributed by atoms with E-state index in [9.17, 15) is 9.59 Å². The zero-order valence-corrected chi connectivity index (χ0v) is 12.7. The monoisotopic (exact) mass is 272 g/mol. The van der Waals surface area contributed by atoms with Gasteiger partial charge in [0.15, 0.2) is 5.78 Å². The van der Waals surface area contributed by atoms with Crippen LogP contribution in [0.25, 0.3) is 0 Å². The minimum absolute atomic E-state index is 0.0827. The molecule has 2 nitrogen and oxygen atoms in total. The van der Waals surface area contributed by atoms with Crippen molar-refractivity contribution in [2.45, 2.75) is 46.5 Å². The van der Waals surface area contributed by atoms with Crippen molar-refractivity contribution < 1.29 is 9.59 Å². The maximum absolute atomic E-state index is 12.3. The normalized spacial score (nSPS) is 23.6. The van der Waals surface area contributed by atoms with Gasteiger partial charge >= 0.3 is 0 Å². The highest BCUT2D eigenvalue weighted by Gasteiger charge is 2.35. The fourth-order valence-electron chi connectivity index (χ4n) is 3.06. The zero-order valence-electron chi connectivity index (χ0n) is 12.7. The standard InChI is InChI=1S/C18H24O2/c1-18(2,3)15-9-10-16(19)14(11-15)12-17(20)13-7-5-4-6-8-13/h4-8,14-15H,9-12H2,1-3H3/t14-,15+/m0/s1. The van der Waals surface area contributed by atoms with Gasteiger partial charge in [-0.25, -0.2) is 0 Å². The fraction of sp³-hybridized carbons (Fsp3) is 0.556. The summed E-state index contributed by atoms with van der Waals surface area (Å²) < 4.78 is 0. The van der Waals surface area contributed by atoms with Crippen LogP contribution in [0.2, 0.25) is 0 Å². The topological polar surface area (TPSA) is 34.1 Å². The maximum atomic E-state index is 12.3. The van der Waals surface area contributed by atoms with Crippen LogP contribution in [-0.2, 0) is 4.79 Å². The molecule has 108 valence electrons. The van der Waals surface area contributed by atoms with Crippen molar-refractivity contribution in [3.05, 3.63) is 35.9 Å². The van der Waals surface area contributed by atoms with E-state index in [-0.39, 0.29) is 22.9 Å². The van der Waals surface area contributed by atoms with Crippen molar-refractivity contribution in [3.63, 3.8) is 0 Å². The summed E-state index contributed by atoms with van der Waals surface area (Å²) in [5, 5.41) is 0. The van der Waals surface area contributed by atoms with Gasteiger partial charge in [0.1, 0.15) is 5.78 Å². The highest BCUT2D eigenvalue weighted by Crippen LogP contribution is 2.40. The van der Waals surface area contributed by atoms with Gasteiger partial charge in [0, 0.05) is 24.3 Å². The van der Waals surface area contributed by atoms with Crippen LogP contribution in [0.4, 0.5) is 0 Å². The lowest BCUT2D eigenvalue weighted by molar-refractivity contribution is -0.126. The van der Waals surface area contributed by atoms with Gasteiger partial charge in [-0.15, -0.1) is 0 Å². The van der Waals surface area contributed by atoms with E-state index < -0.39 is 0 Å². The molecule has 0 aromatic heterocycles. The van der Waals surface area contributed by atoms with Crippen molar-refractivity contribution in [3.8, 4) is 0 Å². The van der Waals surface area contributed by atoms with Gasteiger partial charge in [-0.3, -0.25) is 9.59 Å². The highest BCUT2D eigenvalue weighted by atomic mass is 16.1. The number of hydrogen-bond acceptors (Lipinski definition) is 2. The van der Waals surface area contributed by atoms with Crippen molar-refractivity contribution in [1.29, 1.82) is 0 Å². The second kappa shape index (κ2) is 5.90. The molecule has 1 aliphatic rings. The Bertz CT molecular complexity index is 482. The Kier molecular flexibility index (Phi) is 4.42. The molecule has 0 N–H and O–H groups in total. The molecule has 1 aliphatic carbocycles. The van der Waals surface area contributed by atoms with Crippen molar-refractivity contribution in [1.82, 2.24) is 0 Å². The molecule has 1 aromatic carbocycles. The summed E-state index contributed by atoms with van der Waals surface area (Å²) in [5.74, 6) is 0.822. The van der Waals surface area contributed by atoms with Gasteiger partial charge in [0.05, 0.1) is 0 Å². The number of carbonyl (C=O) groups excluding carboxylic acids is 2. The average molecular weight is 272 g/mol.